The number of aliphatic carboxylic acids is 1. The number of hydrogen-bond acceptors (Lipinski definition) is 5. The molecule has 0 saturated carbocycles. The fourth-order valence-electron chi connectivity index (χ4n) is 4.40. The second kappa shape index (κ2) is 9.65. The molecule has 3 aromatic rings. The molecule has 3 aromatic carbocycles. The molecule has 0 heterocycles. The summed E-state index contributed by atoms with van der Waals surface area (Å²) in [7, 11) is 1.56. The van der Waals surface area contributed by atoms with Crippen molar-refractivity contribution in [2.45, 2.75) is 38.0 Å². The number of hydrogen-bond donors (Lipinski definition) is 3. The molecule has 0 aromatic heterocycles. The van der Waals surface area contributed by atoms with Crippen LogP contribution in [-0.4, -0.2) is 35.4 Å². The van der Waals surface area contributed by atoms with E-state index in [1.807, 2.05) is 30.3 Å². The summed E-state index contributed by atoms with van der Waals surface area (Å²) >= 11 is 0. The van der Waals surface area contributed by atoms with Gasteiger partial charge in [0.25, 0.3) is 0 Å². The lowest BCUT2D eigenvalue weighted by molar-refractivity contribution is -0.146. The highest BCUT2D eigenvalue weighted by atomic mass is 16.5. The first-order valence-corrected chi connectivity index (χ1v) is 11.0. The number of benzene rings is 3. The SMILES string of the molecule is COc1ccc(C(O)NC2(C(=O)O)Cc3ccccc3C2)cc1OCCc1cccc(C)c1. The zero-order chi connectivity index (χ0) is 23.4. The van der Waals surface area contributed by atoms with Gasteiger partial charge >= 0.3 is 5.97 Å². The number of ether oxygens (including phenoxy) is 2. The van der Waals surface area contributed by atoms with Crippen molar-refractivity contribution in [2.24, 2.45) is 0 Å². The van der Waals surface area contributed by atoms with Crippen molar-refractivity contribution >= 4 is 5.97 Å². The van der Waals surface area contributed by atoms with Gasteiger partial charge in [-0.15, -0.1) is 0 Å². The number of fused-ring (bicyclic) bond motifs is 1. The van der Waals surface area contributed by atoms with Crippen LogP contribution in [0.25, 0.3) is 0 Å². The molecule has 4 rings (SSSR count). The zero-order valence-corrected chi connectivity index (χ0v) is 18.9. The summed E-state index contributed by atoms with van der Waals surface area (Å²) in [6.45, 7) is 2.50. The highest BCUT2D eigenvalue weighted by Gasteiger charge is 2.45. The molecule has 0 fully saturated rings. The Morgan fingerprint density at radius 2 is 1.76 bits per heavy atom. The fourth-order valence-corrected chi connectivity index (χ4v) is 4.40. The summed E-state index contributed by atoms with van der Waals surface area (Å²) < 4.78 is 11.4. The minimum atomic E-state index is -1.27. The number of aryl methyl sites for hydroxylation is 1. The minimum Gasteiger partial charge on any atom is -0.493 e. The van der Waals surface area contributed by atoms with Crippen molar-refractivity contribution in [1.29, 1.82) is 0 Å². The third-order valence-corrected chi connectivity index (χ3v) is 6.16. The molecule has 6 heteroatoms. The lowest BCUT2D eigenvalue weighted by Crippen LogP contribution is -2.54. The predicted molar refractivity (Wildman–Crippen MR) is 126 cm³/mol. The van der Waals surface area contributed by atoms with Crippen LogP contribution in [0.15, 0.2) is 66.7 Å². The van der Waals surface area contributed by atoms with Crippen LogP contribution in [-0.2, 0) is 24.1 Å². The van der Waals surface area contributed by atoms with Crippen molar-refractivity contribution in [3.63, 3.8) is 0 Å². The van der Waals surface area contributed by atoms with Crippen LogP contribution in [0.3, 0.4) is 0 Å². The van der Waals surface area contributed by atoms with E-state index in [9.17, 15) is 15.0 Å². The first kappa shape index (κ1) is 22.8. The number of methoxy groups -OCH3 is 1. The molecule has 3 N–H and O–H groups in total. The second-order valence-corrected chi connectivity index (χ2v) is 8.55. The maximum atomic E-state index is 12.2. The van der Waals surface area contributed by atoms with E-state index in [4.69, 9.17) is 9.47 Å². The summed E-state index contributed by atoms with van der Waals surface area (Å²) in [5.41, 5.74) is 3.58. The van der Waals surface area contributed by atoms with Crippen LogP contribution in [0.2, 0.25) is 0 Å². The van der Waals surface area contributed by atoms with Gasteiger partial charge in [0.05, 0.1) is 13.7 Å². The molecule has 1 aliphatic rings. The number of nitrogens with one attached hydrogen (secondary N) is 1. The summed E-state index contributed by atoms with van der Waals surface area (Å²) in [6, 6.07) is 21.0. The molecule has 33 heavy (non-hydrogen) atoms. The van der Waals surface area contributed by atoms with Gasteiger partial charge in [-0.3, -0.25) is 10.1 Å². The minimum absolute atomic E-state index is 0.311. The number of aliphatic hydroxyl groups is 1. The highest BCUT2D eigenvalue weighted by Crippen LogP contribution is 2.34. The summed E-state index contributed by atoms with van der Waals surface area (Å²) in [5.74, 6) is 0.0693. The Morgan fingerprint density at radius 1 is 1.03 bits per heavy atom. The molecule has 0 amide bonds. The van der Waals surface area contributed by atoms with Crippen LogP contribution >= 0.6 is 0 Å². The molecule has 0 spiro atoms. The Balaban J connectivity index is 1.48. The molecule has 1 atom stereocenters. The molecule has 0 bridgehead atoms. The van der Waals surface area contributed by atoms with Gasteiger partial charge in [-0.05, 0) is 41.3 Å². The Bertz CT molecular complexity index is 1120. The monoisotopic (exact) mass is 447 g/mol. The van der Waals surface area contributed by atoms with Crippen LogP contribution in [0.4, 0.5) is 0 Å². The molecule has 172 valence electrons. The van der Waals surface area contributed by atoms with Crippen molar-refractivity contribution < 1.29 is 24.5 Å². The summed E-state index contributed by atoms with van der Waals surface area (Å²) in [4.78, 5) is 12.2. The zero-order valence-electron chi connectivity index (χ0n) is 18.9. The van der Waals surface area contributed by atoms with Crippen molar-refractivity contribution in [3.05, 3.63) is 94.5 Å². The first-order chi connectivity index (χ1) is 15.9. The van der Waals surface area contributed by atoms with Gasteiger partial charge in [0.2, 0.25) is 0 Å². The van der Waals surface area contributed by atoms with Gasteiger partial charge in [-0.25, -0.2) is 0 Å². The second-order valence-electron chi connectivity index (χ2n) is 8.55. The average Bonchev–Trinajstić information content (AvgIpc) is 3.18. The van der Waals surface area contributed by atoms with Gasteiger partial charge in [0.1, 0.15) is 11.8 Å². The van der Waals surface area contributed by atoms with Crippen LogP contribution in [0.5, 0.6) is 11.5 Å². The van der Waals surface area contributed by atoms with Crippen molar-refractivity contribution in [2.75, 3.05) is 13.7 Å². The third kappa shape index (κ3) is 5.02. The largest absolute Gasteiger partial charge is 0.493 e. The van der Waals surface area contributed by atoms with Gasteiger partial charge in [-0.1, -0.05) is 60.2 Å². The molecule has 1 unspecified atom stereocenters. The lowest BCUT2D eigenvalue weighted by Gasteiger charge is -2.29. The topological polar surface area (TPSA) is 88.0 Å². The standard InChI is InChI=1S/C27H29NO5/c1-18-6-5-7-19(14-18)12-13-33-24-15-20(10-11-23(24)32-2)25(29)28-27(26(30)31)16-21-8-3-4-9-22(21)17-27/h3-11,14-15,25,28-29H,12-13,16-17H2,1-2H3,(H,30,31). The average molecular weight is 448 g/mol. The van der Waals surface area contributed by atoms with Gasteiger partial charge in [-0.2, -0.15) is 0 Å². The van der Waals surface area contributed by atoms with E-state index in [0.29, 0.717) is 36.5 Å². The smallest absolute Gasteiger partial charge is 0.324 e. The number of carboxylic acid groups (broad SMARTS) is 1. The molecule has 1 aliphatic carbocycles. The Morgan fingerprint density at radius 3 is 2.39 bits per heavy atom. The number of carbonyl (C=O) groups is 1. The van der Waals surface area contributed by atoms with Gasteiger partial charge in [0, 0.05) is 19.3 Å². The maximum absolute atomic E-state index is 12.2. The van der Waals surface area contributed by atoms with E-state index >= 15 is 0 Å². The predicted octanol–water partition coefficient (Wildman–Crippen LogP) is 3.83. The van der Waals surface area contributed by atoms with E-state index in [0.717, 1.165) is 17.5 Å². The normalized spacial score (nSPS) is 15.0. The first-order valence-electron chi connectivity index (χ1n) is 11.0. The number of carboxylic acids is 1. The summed E-state index contributed by atoms with van der Waals surface area (Å²) in [6.07, 6.45) is 0.174. The van der Waals surface area contributed by atoms with Crippen LogP contribution in [0.1, 0.15) is 34.0 Å². The van der Waals surface area contributed by atoms with Crippen LogP contribution in [0, 0.1) is 6.92 Å². The maximum Gasteiger partial charge on any atom is 0.324 e. The van der Waals surface area contributed by atoms with E-state index in [-0.39, 0.29) is 0 Å². The van der Waals surface area contributed by atoms with E-state index < -0.39 is 17.7 Å². The Kier molecular flexibility index (Phi) is 6.67. The lowest BCUT2D eigenvalue weighted by atomic mass is 9.95. The molecule has 0 radical (unpaired) electrons. The Labute approximate surface area is 193 Å². The van der Waals surface area contributed by atoms with E-state index in [1.165, 1.54) is 11.1 Å². The van der Waals surface area contributed by atoms with Crippen molar-refractivity contribution in [3.8, 4) is 11.5 Å². The highest BCUT2D eigenvalue weighted by molar-refractivity contribution is 5.81. The quantitative estimate of drug-likeness (QED) is 0.432. The molecular weight excluding hydrogens is 418 g/mol. The van der Waals surface area contributed by atoms with Gasteiger partial charge < -0.3 is 19.7 Å². The third-order valence-electron chi connectivity index (χ3n) is 6.16. The molecule has 6 nitrogen and oxygen atoms in total. The Hall–Kier alpha value is -3.35. The number of aliphatic hydroxyl groups excluding tert-OH is 1. The fraction of sp³-hybridized carbons (Fsp3) is 0.296. The summed E-state index contributed by atoms with van der Waals surface area (Å²) in [5, 5.41) is 23.9. The van der Waals surface area contributed by atoms with Crippen LogP contribution < -0.4 is 14.8 Å². The molecule has 0 aliphatic heterocycles. The van der Waals surface area contributed by atoms with E-state index in [1.54, 1.807) is 25.3 Å². The van der Waals surface area contributed by atoms with Crippen molar-refractivity contribution in [1.82, 2.24) is 5.32 Å². The van der Waals surface area contributed by atoms with Gasteiger partial charge in [0.15, 0.2) is 11.5 Å². The van der Waals surface area contributed by atoms with E-state index in [2.05, 4.69) is 30.4 Å². The molecular formula is C27H29NO5. The molecule has 0 saturated heterocycles. The number of rotatable bonds is 9.